The second-order valence-electron chi connectivity index (χ2n) is 4.78. The van der Waals surface area contributed by atoms with Gasteiger partial charge in [-0.25, -0.2) is 4.39 Å². The van der Waals surface area contributed by atoms with Crippen LogP contribution in [-0.2, 0) is 6.54 Å². The maximum Gasteiger partial charge on any atom is 0.132 e. The van der Waals surface area contributed by atoms with Crippen LogP contribution >= 0.6 is 15.9 Å². The van der Waals surface area contributed by atoms with Crippen molar-refractivity contribution in [1.29, 1.82) is 0 Å². The zero-order chi connectivity index (χ0) is 14.5. The van der Waals surface area contributed by atoms with Crippen molar-refractivity contribution in [3.05, 3.63) is 58.2 Å². The zero-order valence-electron chi connectivity index (χ0n) is 11.1. The molecule has 20 heavy (non-hydrogen) atoms. The van der Waals surface area contributed by atoms with Crippen LogP contribution in [0, 0.1) is 5.82 Å². The number of rotatable bonds is 6. The van der Waals surface area contributed by atoms with Gasteiger partial charge in [0.15, 0.2) is 0 Å². The predicted molar refractivity (Wildman–Crippen MR) is 78.7 cm³/mol. The summed E-state index contributed by atoms with van der Waals surface area (Å²) in [5.41, 5.74) is 0.604. The molecule has 1 heterocycles. The highest BCUT2D eigenvalue weighted by Gasteiger charge is 2.14. The van der Waals surface area contributed by atoms with Crippen molar-refractivity contribution >= 4 is 15.9 Å². The molecule has 3 nitrogen and oxygen atoms in total. The van der Waals surface area contributed by atoms with E-state index in [0.717, 1.165) is 4.47 Å². The molecule has 1 aromatic heterocycles. The van der Waals surface area contributed by atoms with Crippen LogP contribution in [0.1, 0.15) is 30.8 Å². The van der Waals surface area contributed by atoms with Gasteiger partial charge in [-0.2, -0.15) is 0 Å². The van der Waals surface area contributed by atoms with E-state index in [2.05, 4.69) is 21.2 Å². The standard InChI is InChI=1S/C15H17BrFNO2/c1-10(7-14(19)15-3-2-6-20-15)18-9-11-4-5-12(16)8-13(11)17/h2-6,8,10,14,18-19H,7,9H2,1H3. The van der Waals surface area contributed by atoms with E-state index in [1.165, 1.54) is 12.3 Å². The molecule has 0 saturated heterocycles. The highest BCUT2D eigenvalue weighted by Crippen LogP contribution is 2.19. The summed E-state index contributed by atoms with van der Waals surface area (Å²) < 4.78 is 19.5. The molecule has 0 spiro atoms. The number of aliphatic hydroxyl groups excluding tert-OH is 1. The van der Waals surface area contributed by atoms with Crippen LogP contribution in [0.3, 0.4) is 0 Å². The second-order valence-corrected chi connectivity index (χ2v) is 5.70. The van der Waals surface area contributed by atoms with Gasteiger partial charge in [-0.3, -0.25) is 0 Å². The molecule has 0 aliphatic heterocycles. The fourth-order valence-corrected chi connectivity index (χ4v) is 2.30. The number of hydrogen-bond donors (Lipinski definition) is 2. The largest absolute Gasteiger partial charge is 0.467 e. The second kappa shape index (κ2) is 7.02. The first-order valence-corrected chi connectivity index (χ1v) is 7.24. The lowest BCUT2D eigenvalue weighted by molar-refractivity contribution is 0.128. The molecule has 108 valence electrons. The number of benzene rings is 1. The molecule has 0 fully saturated rings. The Morgan fingerprint density at radius 3 is 2.85 bits per heavy atom. The first kappa shape index (κ1) is 15.2. The van der Waals surface area contributed by atoms with E-state index >= 15 is 0 Å². The Kier molecular flexibility index (Phi) is 5.34. The Labute approximate surface area is 125 Å². The molecule has 1 aromatic carbocycles. The molecule has 2 N–H and O–H groups in total. The minimum atomic E-state index is -0.651. The zero-order valence-corrected chi connectivity index (χ0v) is 12.7. The Morgan fingerprint density at radius 2 is 2.20 bits per heavy atom. The van der Waals surface area contributed by atoms with Crippen molar-refractivity contribution in [2.24, 2.45) is 0 Å². The first-order chi connectivity index (χ1) is 9.56. The summed E-state index contributed by atoms with van der Waals surface area (Å²) in [7, 11) is 0. The number of aliphatic hydroxyl groups is 1. The van der Waals surface area contributed by atoms with Crippen LogP contribution in [0.4, 0.5) is 4.39 Å². The van der Waals surface area contributed by atoms with Crippen LogP contribution in [0.5, 0.6) is 0 Å². The molecule has 2 aromatic rings. The minimum absolute atomic E-state index is 0.0400. The quantitative estimate of drug-likeness (QED) is 0.840. The lowest BCUT2D eigenvalue weighted by Gasteiger charge is -2.17. The molecule has 5 heteroatoms. The van der Waals surface area contributed by atoms with Crippen molar-refractivity contribution in [2.75, 3.05) is 0 Å². The molecule has 0 radical (unpaired) electrons. The molecule has 0 aliphatic carbocycles. The number of hydrogen-bond acceptors (Lipinski definition) is 3. The normalized spacial score (nSPS) is 14.2. The Balaban J connectivity index is 1.84. The van der Waals surface area contributed by atoms with Crippen LogP contribution in [0.25, 0.3) is 0 Å². The number of halogens is 2. The van der Waals surface area contributed by atoms with Gasteiger partial charge in [0.1, 0.15) is 17.7 Å². The van der Waals surface area contributed by atoms with E-state index in [4.69, 9.17) is 4.42 Å². The molecule has 0 amide bonds. The maximum absolute atomic E-state index is 13.7. The van der Waals surface area contributed by atoms with Crippen LogP contribution in [0.2, 0.25) is 0 Å². The van der Waals surface area contributed by atoms with Gasteiger partial charge >= 0.3 is 0 Å². The van der Waals surface area contributed by atoms with Gasteiger partial charge in [0.2, 0.25) is 0 Å². The van der Waals surface area contributed by atoms with E-state index in [1.807, 2.05) is 13.0 Å². The Hall–Kier alpha value is -1.17. The van der Waals surface area contributed by atoms with E-state index in [9.17, 15) is 9.50 Å². The molecule has 2 atom stereocenters. The average molecular weight is 342 g/mol. The first-order valence-electron chi connectivity index (χ1n) is 6.45. The summed E-state index contributed by atoms with van der Waals surface area (Å²) in [6.07, 6.45) is 1.39. The van der Waals surface area contributed by atoms with Crippen molar-refractivity contribution in [2.45, 2.75) is 32.0 Å². The smallest absolute Gasteiger partial charge is 0.132 e. The van der Waals surface area contributed by atoms with Crippen molar-refractivity contribution < 1.29 is 13.9 Å². The monoisotopic (exact) mass is 341 g/mol. The minimum Gasteiger partial charge on any atom is -0.467 e. The van der Waals surface area contributed by atoms with Crippen LogP contribution in [0.15, 0.2) is 45.5 Å². The van der Waals surface area contributed by atoms with Gasteiger partial charge in [-0.15, -0.1) is 0 Å². The van der Waals surface area contributed by atoms with E-state index in [0.29, 0.717) is 24.3 Å². The third kappa shape index (κ3) is 4.16. The SMILES string of the molecule is CC(CC(O)c1ccco1)NCc1ccc(Br)cc1F. The summed E-state index contributed by atoms with van der Waals surface area (Å²) in [5, 5.41) is 13.1. The van der Waals surface area contributed by atoms with Crippen molar-refractivity contribution in [3.8, 4) is 0 Å². The highest BCUT2D eigenvalue weighted by molar-refractivity contribution is 9.10. The fourth-order valence-electron chi connectivity index (χ4n) is 1.96. The van der Waals surface area contributed by atoms with Gasteiger partial charge in [0.05, 0.1) is 6.26 Å². The molecule has 2 rings (SSSR count). The van der Waals surface area contributed by atoms with E-state index in [-0.39, 0.29) is 11.9 Å². The van der Waals surface area contributed by atoms with Gasteiger partial charge in [0.25, 0.3) is 0 Å². The van der Waals surface area contributed by atoms with E-state index in [1.54, 1.807) is 18.2 Å². The van der Waals surface area contributed by atoms with Gasteiger partial charge in [0, 0.05) is 22.6 Å². The average Bonchev–Trinajstić information content (AvgIpc) is 2.91. The summed E-state index contributed by atoms with van der Waals surface area (Å²) in [5.74, 6) is 0.305. The molecule has 0 aliphatic rings. The third-order valence-corrected chi connectivity index (χ3v) is 3.60. The summed E-state index contributed by atoms with van der Waals surface area (Å²) in [6, 6.07) is 8.52. The lowest BCUT2D eigenvalue weighted by Crippen LogP contribution is -2.27. The Morgan fingerprint density at radius 1 is 1.40 bits per heavy atom. The molecule has 0 saturated carbocycles. The highest BCUT2D eigenvalue weighted by atomic mass is 79.9. The molecule has 0 bridgehead atoms. The molecule has 2 unspecified atom stereocenters. The van der Waals surface area contributed by atoms with Crippen LogP contribution < -0.4 is 5.32 Å². The summed E-state index contributed by atoms with van der Waals surface area (Å²) >= 11 is 3.23. The van der Waals surface area contributed by atoms with Gasteiger partial charge < -0.3 is 14.8 Å². The number of nitrogens with one attached hydrogen (secondary N) is 1. The number of furan rings is 1. The maximum atomic E-state index is 13.7. The molecular formula is C15H17BrFNO2. The van der Waals surface area contributed by atoms with Crippen LogP contribution in [-0.4, -0.2) is 11.1 Å². The third-order valence-electron chi connectivity index (χ3n) is 3.10. The van der Waals surface area contributed by atoms with Gasteiger partial charge in [-0.1, -0.05) is 22.0 Å². The van der Waals surface area contributed by atoms with Crippen molar-refractivity contribution in [3.63, 3.8) is 0 Å². The predicted octanol–water partition coefficient (Wildman–Crippen LogP) is 3.78. The fraction of sp³-hybridized carbons (Fsp3) is 0.333. The van der Waals surface area contributed by atoms with Gasteiger partial charge in [-0.05, 0) is 37.6 Å². The summed E-state index contributed by atoms with van der Waals surface area (Å²) in [4.78, 5) is 0. The van der Waals surface area contributed by atoms with E-state index < -0.39 is 6.10 Å². The lowest BCUT2D eigenvalue weighted by atomic mass is 10.1. The topological polar surface area (TPSA) is 45.4 Å². The Bertz CT molecular complexity index is 545. The van der Waals surface area contributed by atoms with Crippen molar-refractivity contribution in [1.82, 2.24) is 5.32 Å². The summed E-state index contributed by atoms with van der Waals surface area (Å²) in [6.45, 7) is 2.37. The molecular weight excluding hydrogens is 325 g/mol.